The highest BCUT2D eigenvalue weighted by atomic mass is 16.5. The summed E-state index contributed by atoms with van der Waals surface area (Å²) < 4.78 is 17.9. The van der Waals surface area contributed by atoms with Gasteiger partial charge >= 0.3 is 0 Å². The van der Waals surface area contributed by atoms with Crippen LogP contribution < -0.4 is 10.1 Å². The number of anilines is 1. The summed E-state index contributed by atoms with van der Waals surface area (Å²) in [6, 6.07) is 4.93. The molecular formula is C19H19N5O5. The molecule has 0 radical (unpaired) electrons. The minimum Gasteiger partial charge on any atom is -0.475 e. The van der Waals surface area contributed by atoms with Gasteiger partial charge in [-0.3, -0.25) is 14.3 Å². The molecule has 0 aliphatic carbocycles. The van der Waals surface area contributed by atoms with Gasteiger partial charge in [-0.25, -0.2) is 4.98 Å². The highest BCUT2D eigenvalue weighted by Gasteiger charge is 2.21. The molecule has 1 N–H and O–H groups in total. The van der Waals surface area contributed by atoms with Crippen LogP contribution in [0, 0.1) is 0 Å². The summed E-state index contributed by atoms with van der Waals surface area (Å²) in [6.45, 7) is 1.10. The van der Waals surface area contributed by atoms with Crippen molar-refractivity contribution in [2.45, 2.75) is 12.8 Å². The predicted molar refractivity (Wildman–Crippen MR) is 101 cm³/mol. The smallest absolute Gasteiger partial charge is 0.277 e. The zero-order valence-corrected chi connectivity index (χ0v) is 15.8. The molecule has 1 aliphatic heterocycles. The first-order chi connectivity index (χ1) is 14.1. The molecule has 1 amide bonds. The molecule has 3 aromatic heterocycles. The van der Waals surface area contributed by atoms with E-state index in [0.29, 0.717) is 49.1 Å². The third-order valence-corrected chi connectivity index (χ3v) is 4.27. The average molecular weight is 397 g/mol. The van der Waals surface area contributed by atoms with Gasteiger partial charge in [-0.2, -0.15) is 5.10 Å². The number of hydrogen-bond donors (Lipinski definition) is 1. The summed E-state index contributed by atoms with van der Waals surface area (Å²) in [5.74, 6) is 0.117. The minimum atomic E-state index is -0.503. The number of carbonyl (C=O) groups is 2. The van der Waals surface area contributed by atoms with Gasteiger partial charge in [0.05, 0.1) is 12.3 Å². The lowest BCUT2D eigenvalue weighted by Crippen LogP contribution is -2.15. The number of amides is 1. The van der Waals surface area contributed by atoms with Crippen LogP contribution in [0.3, 0.4) is 0 Å². The molecule has 4 heterocycles. The molecule has 150 valence electrons. The summed E-state index contributed by atoms with van der Waals surface area (Å²) in [7, 11) is 1.68. The Kier molecular flexibility index (Phi) is 5.34. The Morgan fingerprint density at radius 2 is 2.07 bits per heavy atom. The molecular weight excluding hydrogens is 378 g/mol. The monoisotopic (exact) mass is 397 g/mol. The van der Waals surface area contributed by atoms with Gasteiger partial charge in [0.2, 0.25) is 5.88 Å². The standard InChI is InChI=1S/C19H19N5O5/c1-24-11-14-18(22-24)15(25)3-2-6-27-7-8-28-17-9-12(4-5-20-17)16-10-13(23-29-16)19(26)21-14/h4-5,9-11H,2-3,6-8H2,1H3,(H,21,26). The highest BCUT2D eigenvalue weighted by Crippen LogP contribution is 2.24. The number of fused-ring (bicyclic) bond motifs is 6. The molecule has 4 rings (SSSR count). The van der Waals surface area contributed by atoms with E-state index in [1.807, 2.05) is 0 Å². The second kappa shape index (κ2) is 8.23. The highest BCUT2D eigenvalue weighted by molar-refractivity contribution is 6.08. The van der Waals surface area contributed by atoms with E-state index in [1.54, 1.807) is 31.6 Å². The maximum absolute atomic E-state index is 12.6. The molecule has 0 aromatic carbocycles. The number of aryl methyl sites for hydroxylation is 1. The second-order valence-corrected chi connectivity index (χ2v) is 6.47. The molecule has 3 aromatic rings. The number of rotatable bonds is 0. The van der Waals surface area contributed by atoms with E-state index in [4.69, 9.17) is 14.0 Å². The van der Waals surface area contributed by atoms with Crippen LogP contribution in [-0.4, -0.2) is 51.4 Å². The minimum absolute atomic E-state index is 0.0797. The number of nitrogens with one attached hydrogen (secondary N) is 1. The Balaban J connectivity index is 1.64. The first-order valence-corrected chi connectivity index (χ1v) is 9.12. The van der Waals surface area contributed by atoms with Crippen LogP contribution in [0.5, 0.6) is 5.88 Å². The molecule has 0 unspecified atom stereocenters. The summed E-state index contributed by atoms with van der Waals surface area (Å²) in [4.78, 5) is 29.2. The van der Waals surface area contributed by atoms with E-state index in [-0.39, 0.29) is 23.6 Å². The number of pyridine rings is 1. The van der Waals surface area contributed by atoms with Gasteiger partial charge in [0.15, 0.2) is 22.9 Å². The van der Waals surface area contributed by atoms with Gasteiger partial charge in [0.25, 0.3) is 5.91 Å². The molecule has 10 heteroatoms. The van der Waals surface area contributed by atoms with Gasteiger partial charge in [0.1, 0.15) is 6.61 Å². The SMILES string of the molecule is Cn1cc2c(n1)C(=O)CCCOCCOc1cc(ccn1)-c1cc(no1)C(=O)N2. The van der Waals surface area contributed by atoms with Crippen molar-refractivity contribution in [1.29, 1.82) is 0 Å². The van der Waals surface area contributed by atoms with E-state index in [2.05, 4.69) is 20.6 Å². The van der Waals surface area contributed by atoms with Crippen LogP contribution in [0.4, 0.5) is 5.69 Å². The van der Waals surface area contributed by atoms with Crippen molar-refractivity contribution >= 4 is 17.4 Å². The lowest BCUT2D eigenvalue weighted by molar-refractivity contribution is 0.0861. The van der Waals surface area contributed by atoms with Crippen LogP contribution >= 0.6 is 0 Å². The Morgan fingerprint density at radius 1 is 1.17 bits per heavy atom. The van der Waals surface area contributed by atoms with Crippen LogP contribution in [-0.2, 0) is 11.8 Å². The van der Waals surface area contributed by atoms with Crippen molar-refractivity contribution in [2.75, 3.05) is 25.1 Å². The molecule has 29 heavy (non-hydrogen) atoms. The molecule has 0 atom stereocenters. The summed E-state index contributed by atoms with van der Waals surface area (Å²) >= 11 is 0. The van der Waals surface area contributed by atoms with E-state index >= 15 is 0 Å². The van der Waals surface area contributed by atoms with Crippen molar-refractivity contribution in [2.24, 2.45) is 7.05 Å². The van der Waals surface area contributed by atoms with Crippen LogP contribution in [0.25, 0.3) is 11.3 Å². The zero-order chi connectivity index (χ0) is 20.2. The summed E-state index contributed by atoms with van der Waals surface area (Å²) in [6.07, 6.45) is 3.94. The average Bonchev–Trinajstić information content (AvgIpc) is 3.34. The zero-order valence-electron chi connectivity index (χ0n) is 15.8. The lowest BCUT2D eigenvalue weighted by Gasteiger charge is -2.07. The maximum atomic E-state index is 12.6. The first-order valence-electron chi connectivity index (χ1n) is 9.12. The Hall–Kier alpha value is -3.53. The van der Waals surface area contributed by atoms with Gasteiger partial charge in [-0.1, -0.05) is 5.16 Å². The van der Waals surface area contributed by atoms with Crippen molar-refractivity contribution in [1.82, 2.24) is 19.9 Å². The van der Waals surface area contributed by atoms with Crippen molar-refractivity contribution in [3.8, 4) is 17.2 Å². The van der Waals surface area contributed by atoms with Gasteiger partial charge in [0, 0.05) is 50.2 Å². The molecule has 0 saturated heterocycles. The summed E-state index contributed by atoms with van der Waals surface area (Å²) in [5, 5.41) is 10.7. The molecule has 1 aliphatic rings. The number of ether oxygens (including phenoxy) is 2. The summed E-state index contributed by atoms with van der Waals surface area (Å²) in [5.41, 5.74) is 1.28. The largest absolute Gasteiger partial charge is 0.475 e. The van der Waals surface area contributed by atoms with E-state index in [9.17, 15) is 9.59 Å². The molecule has 4 bridgehead atoms. The number of nitrogens with zero attached hydrogens (tertiary/aromatic N) is 4. The van der Waals surface area contributed by atoms with Gasteiger partial charge < -0.3 is 19.3 Å². The molecule has 0 saturated carbocycles. The lowest BCUT2D eigenvalue weighted by atomic mass is 10.1. The Labute approximate surface area is 165 Å². The normalized spacial score (nSPS) is 15.6. The van der Waals surface area contributed by atoms with E-state index in [0.717, 1.165) is 0 Å². The number of hydrogen-bond acceptors (Lipinski definition) is 8. The van der Waals surface area contributed by atoms with Crippen molar-refractivity contribution in [3.05, 3.63) is 42.0 Å². The molecule has 0 spiro atoms. The van der Waals surface area contributed by atoms with Crippen molar-refractivity contribution < 1.29 is 23.6 Å². The van der Waals surface area contributed by atoms with Gasteiger partial charge in [-0.15, -0.1) is 0 Å². The Morgan fingerprint density at radius 3 is 2.97 bits per heavy atom. The second-order valence-electron chi connectivity index (χ2n) is 6.47. The van der Waals surface area contributed by atoms with Gasteiger partial charge in [-0.05, 0) is 12.5 Å². The number of Topliss-reactive ketones (excluding diaryl/α,β-unsaturated/α-hetero) is 1. The number of ketones is 1. The fourth-order valence-electron chi connectivity index (χ4n) is 2.89. The topological polar surface area (TPSA) is 121 Å². The fourth-order valence-corrected chi connectivity index (χ4v) is 2.89. The quantitative estimate of drug-likeness (QED) is 0.612. The van der Waals surface area contributed by atoms with Crippen LogP contribution in [0.2, 0.25) is 0 Å². The van der Waals surface area contributed by atoms with E-state index in [1.165, 1.54) is 10.7 Å². The first kappa shape index (κ1) is 18.8. The Bertz CT molecular complexity index is 1040. The van der Waals surface area contributed by atoms with Crippen LogP contribution in [0.15, 0.2) is 35.1 Å². The molecule has 0 fully saturated rings. The fraction of sp³-hybridized carbons (Fsp3) is 0.316. The predicted octanol–water partition coefficient (Wildman–Crippen LogP) is 2.09. The van der Waals surface area contributed by atoms with Crippen molar-refractivity contribution in [3.63, 3.8) is 0 Å². The van der Waals surface area contributed by atoms with E-state index < -0.39 is 5.91 Å². The maximum Gasteiger partial charge on any atom is 0.277 e. The molecule has 10 nitrogen and oxygen atoms in total. The third kappa shape index (κ3) is 4.32. The van der Waals surface area contributed by atoms with Crippen LogP contribution in [0.1, 0.15) is 33.8 Å². The number of carbonyl (C=O) groups excluding carboxylic acids is 2. The number of aromatic nitrogens is 4. The third-order valence-electron chi connectivity index (χ3n) is 4.27.